The highest BCUT2D eigenvalue weighted by atomic mass is 79.9. The minimum atomic E-state index is -0.489. The lowest BCUT2D eigenvalue weighted by atomic mass is 10.0. The molecular weight excluding hydrogens is 477 g/mol. The Labute approximate surface area is 191 Å². The molecule has 2 aromatic heterocycles. The quantitative estimate of drug-likeness (QED) is 0.354. The van der Waals surface area contributed by atoms with Crippen molar-refractivity contribution in [2.24, 2.45) is 0 Å². The Hall–Kier alpha value is -3.79. The van der Waals surface area contributed by atoms with Gasteiger partial charge in [-0.15, -0.1) is 0 Å². The van der Waals surface area contributed by atoms with Crippen molar-refractivity contribution >= 4 is 39.3 Å². The van der Waals surface area contributed by atoms with E-state index < -0.39 is 11.8 Å². The molecule has 0 fully saturated rings. The molecule has 0 atom stereocenters. The van der Waals surface area contributed by atoms with E-state index in [1.807, 2.05) is 31.3 Å². The minimum Gasteiger partial charge on any atom is -0.368 e. The summed E-state index contributed by atoms with van der Waals surface area (Å²) in [6.07, 6.45) is 3.50. The van der Waals surface area contributed by atoms with E-state index in [4.69, 9.17) is 5.73 Å². The largest absolute Gasteiger partial charge is 0.368 e. The predicted molar refractivity (Wildman–Crippen MR) is 126 cm³/mol. The molecule has 10 heteroatoms. The topological polar surface area (TPSA) is 111 Å². The molecule has 0 spiro atoms. The summed E-state index contributed by atoms with van der Waals surface area (Å²) in [6.45, 7) is 2.67. The molecule has 0 aliphatic carbocycles. The SMILES string of the molecule is CCn1cc(-c2cccc(NC(=O)Nc3ccc(Br)c(F)c3)c2)c(-c2ccnc(N)n2)n1. The van der Waals surface area contributed by atoms with Crippen LogP contribution in [0, 0.1) is 5.82 Å². The zero-order valence-electron chi connectivity index (χ0n) is 17.0. The molecule has 0 radical (unpaired) electrons. The molecule has 2 heterocycles. The van der Waals surface area contributed by atoms with Crippen molar-refractivity contribution in [3.8, 4) is 22.5 Å². The Morgan fingerprint density at radius 1 is 1.16 bits per heavy atom. The zero-order valence-corrected chi connectivity index (χ0v) is 18.6. The van der Waals surface area contributed by atoms with Gasteiger partial charge in [-0.25, -0.2) is 19.2 Å². The van der Waals surface area contributed by atoms with Crippen molar-refractivity contribution in [2.45, 2.75) is 13.5 Å². The third kappa shape index (κ3) is 4.75. The van der Waals surface area contributed by atoms with Gasteiger partial charge in [-0.3, -0.25) is 4.68 Å². The molecule has 0 saturated carbocycles. The summed E-state index contributed by atoms with van der Waals surface area (Å²) in [5, 5.41) is 9.99. The zero-order chi connectivity index (χ0) is 22.7. The lowest BCUT2D eigenvalue weighted by Crippen LogP contribution is -2.19. The van der Waals surface area contributed by atoms with Gasteiger partial charge in [0.05, 0.1) is 10.2 Å². The van der Waals surface area contributed by atoms with E-state index in [0.717, 1.165) is 11.1 Å². The average Bonchev–Trinajstić information content (AvgIpc) is 3.21. The molecule has 0 aliphatic rings. The first-order valence-corrected chi connectivity index (χ1v) is 10.5. The Bertz CT molecular complexity index is 1290. The molecule has 2 amide bonds. The van der Waals surface area contributed by atoms with Crippen molar-refractivity contribution in [1.82, 2.24) is 19.7 Å². The molecule has 32 heavy (non-hydrogen) atoms. The van der Waals surface area contributed by atoms with E-state index in [1.54, 1.807) is 29.1 Å². The van der Waals surface area contributed by atoms with Crippen molar-refractivity contribution in [3.63, 3.8) is 0 Å². The number of rotatable bonds is 5. The van der Waals surface area contributed by atoms with Crippen LogP contribution >= 0.6 is 15.9 Å². The number of carbonyl (C=O) groups excluding carboxylic acids is 1. The Morgan fingerprint density at radius 3 is 2.66 bits per heavy atom. The third-order valence-electron chi connectivity index (χ3n) is 4.61. The number of aryl methyl sites for hydroxylation is 1. The molecule has 4 rings (SSSR count). The minimum absolute atomic E-state index is 0.163. The second-order valence-corrected chi connectivity index (χ2v) is 7.69. The smallest absolute Gasteiger partial charge is 0.323 e. The van der Waals surface area contributed by atoms with Gasteiger partial charge >= 0.3 is 6.03 Å². The summed E-state index contributed by atoms with van der Waals surface area (Å²) in [6, 6.07) is 12.9. The van der Waals surface area contributed by atoms with Crippen LogP contribution in [0.5, 0.6) is 0 Å². The van der Waals surface area contributed by atoms with E-state index >= 15 is 0 Å². The van der Waals surface area contributed by atoms with Gasteiger partial charge in [0.15, 0.2) is 0 Å². The molecule has 2 aromatic carbocycles. The van der Waals surface area contributed by atoms with Crippen LogP contribution < -0.4 is 16.4 Å². The van der Waals surface area contributed by atoms with Gasteiger partial charge in [0, 0.05) is 35.9 Å². The second kappa shape index (κ2) is 9.15. The maximum absolute atomic E-state index is 13.7. The van der Waals surface area contributed by atoms with E-state index in [0.29, 0.717) is 33.8 Å². The van der Waals surface area contributed by atoms with Gasteiger partial charge in [0.25, 0.3) is 0 Å². The van der Waals surface area contributed by atoms with Crippen LogP contribution in [-0.4, -0.2) is 25.8 Å². The first kappa shape index (κ1) is 21.4. The van der Waals surface area contributed by atoms with Crippen molar-refractivity contribution in [1.29, 1.82) is 0 Å². The van der Waals surface area contributed by atoms with Crippen molar-refractivity contribution in [3.05, 3.63) is 71.2 Å². The number of benzene rings is 2. The fourth-order valence-electron chi connectivity index (χ4n) is 3.12. The van der Waals surface area contributed by atoms with Crippen LogP contribution in [0.2, 0.25) is 0 Å². The first-order chi connectivity index (χ1) is 15.4. The number of anilines is 3. The van der Waals surface area contributed by atoms with Crippen LogP contribution in [-0.2, 0) is 6.54 Å². The van der Waals surface area contributed by atoms with Crippen LogP contribution in [0.25, 0.3) is 22.5 Å². The third-order valence-corrected chi connectivity index (χ3v) is 5.25. The predicted octanol–water partition coefficient (Wildman–Crippen LogP) is 5.15. The maximum Gasteiger partial charge on any atom is 0.323 e. The molecule has 0 saturated heterocycles. The fourth-order valence-corrected chi connectivity index (χ4v) is 3.37. The summed E-state index contributed by atoms with van der Waals surface area (Å²) < 4.78 is 15.8. The lowest BCUT2D eigenvalue weighted by Gasteiger charge is -2.10. The number of nitrogen functional groups attached to an aromatic ring is 1. The monoisotopic (exact) mass is 495 g/mol. The normalized spacial score (nSPS) is 10.7. The lowest BCUT2D eigenvalue weighted by molar-refractivity contribution is 0.262. The first-order valence-electron chi connectivity index (χ1n) is 9.73. The van der Waals surface area contributed by atoms with E-state index in [-0.39, 0.29) is 5.95 Å². The van der Waals surface area contributed by atoms with Gasteiger partial charge in [0.1, 0.15) is 11.5 Å². The summed E-state index contributed by atoms with van der Waals surface area (Å²) in [7, 11) is 0. The summed E-state index contributed by atoms with van der Waals surface area (Å²) in [5.41, 5.74) is 9.59. The number of aromatic nitrogens is 4. The van der Waals surface area contributed by atoms with Crippen molar-refractivity contribution in [2.75, 3.05) is 16.4 Å². The van der Waals surface area contributed by atoms with Gasteiger partial charge in [-0.05, 0) is 64.8 Å². The molecular formula is C22H19BrFN7O. The number of urea groups is 1. The van der Waals surface area contributed by atoms with Gasteiger partial charge < -0.3 is 16.4 Å². The van der Waals surface area contributed by atoms with Crippen LogP contribution in [0.4, 0.5) is 26.5 Å². The number of hydrogen-bond donors (Lipinski definition) is 3. The number of carbonyl (C=O) groups is 1. The number of halogens is 2. The Balaban J connectivity index is 1.60. The maximum atomic E-state index is 13.7. The number of hydrogen-bond acceptors (Lipinski definition) is 5. The number of nitrogens with one attached hydrogen (secondary N) is 2. The summed E-state index contributed by atoms with van der Waals surface area (Å²) >= 11 is 3.09. The van der Waals surface area contributed by atoms with E-state index in [2.05, 4.69) is 41.6 Å². The number of nitrogens with two attached hydrogens (primary N) is 1. The molecule has 4 aromatic rings. The van der Waals surface area contributed by atoms with Crippen molar-refractivity contribution < 1.29 is 9.18 Å². The fraction of sp³-hybridized carbons (Fsp3) is 0.0909. The van der Waals surface area contributed by atoms with E-state index in [9.17, 15) is 9.18 Å². The highest BCUT2D eigenvalue weighted by Crippen LogP contribution is 2.31. The molecule has 0 bridgehead atoms. The average molecular weight is 496 g/mol. The Morgan fingerprint density at radius 2 is 1.94 bits per heavy atom. The second-order valence-electron chi connectivity index (χ2n) is 6.84. The Kier molecular flexibility index (Phi) is 6.13. The molecule has 162 valence electrons. The molecule has 0 unspecified atom stereocenters. The van der Waals surface area contributed by atoms with Gasteiger partial charge in [-0.2, -0.15) is 5.10 Å². The number of amides is 2. The van der Waals surface area contributed by atoms with Gasteiger partial charge in [-0.1, -0.05) is 12.1 Å². The molecule has 0 aliphatic heterocycles. The van der Waals surface area contributed by atoms with Crippen LogP contribution in [0.3, 0.4) is 0 Å². The van der Waals surface area contributed by atoms with E-state index in [1.165, 1.54) is 12.1 Å². The number of nitrogens with zero attached hydrogens (tertiary/aromatic N) is 4. The summed E-state index contributed by atoms with van der Waals surface area (Å²) in [5.74, 6) is -0.299. The van der Waals surface area contributed by atoms with Gasteiger partial charge in [0.2, 0.25) is 5.95 Å². The standard InChI is InChI=1S/C22H19BrFN7O/c1-2-31-12-16(20(30-31)19-8-9-26-21(25)29-19)13-4-3-5-14(10-13)27-22(32)28-15-6-7-17(23)18(24)11-15/h3-12H,2H2,1H3,(H2,25,26,29)(H2,27,28,32). The molecule has 4 N–H and O–H groups in total. The highest BCUT2D eigenvalue weighted by molar-refractivity contribution is 9.10. The van der Waals surface area contributed by atoms with Crippen LogP contribution in [0.1, 0.15) is 6.92 Å². The molecule has 8 nitrogen and oxygen atoms in total. The van der Waals surface area contributed by atoms with Crippen LogP contribution in [0.15, 0.2) is 65.4 Å². The highest BCUT2D eigenvalue weighted by Gasteiger charge is 2.15. The summed E-state index contributed by atoms with van der Waals surface area (Å²) in [4.78, 5) is 20.6.